The highest BCUT2D eigenvalue weighted by atomic mass is 32.2. The second kappa shape index (κ2) is 7.87. The SMILES string of the molecule is COCCOc1cc(NS(=O)(=O)c2ccc3c(c2)C(=O)NC3=O)ccc1OC. The summed E-state index contributed by atoms with van der Waals surface area (Å²) in [5, 5.41) is 2.12. The highest BCUT2D eigenvalue weighted by Crippen LogP contribution is 2.31. The van der Waals surface area contributed by atoms with Gasteiger partial charge >= 0.3 is 0 Å². The molecule has 0 saturated heterocycles. The van der Waals surface area contributed by atoms with E-state index in [0.29, 0.717) is 18.1 Å². The van der Waals surface area contributed by atoms with Gasteiger partial charge in [0.15, 0.2) is 11.5 Å². The molecule has 0 atom stereocenters. The summed E-state index contributed by atoms with van der Waals surface area (Å²) in [6, 6.07) is 8.29. The summed E-state index contributed by atoms with van der Waals surface area (Å²) in [5.41, 5.74) is 0.405. The van der Waals surface area contributed by atoms with Crippen LogP contribution in [0.5, 0.6) is 11.5 Å². The quantitative estimate of drug-likeness (QED) is 0.502. The molecule has 148 valence electrons. The Morgan fingerprint density at radius 3 is 2.39 bits per heavy atom. The third-order valence-electron chi connectivity index (χ3n) is 3.98. The molecule has 0 fully saturated rings. The van der Waals surface area contributed by atoms with Gasteiger partial charge in [-0.1, -0.05) is 0 Å². The smallest absolute Gasteiger partial charge is 0.261 e. The van der Waals surface area contributed by atoms with E-state index in [1.165, 1.54) is 38.5 Å². The molecule has 28 heavy (non-hydrogen) atoms. The fourth-order valence-electron chi connectivity index (χ4n) is 2.62. The van der Waals surface area contributed by atoms with E-state index < -0.39 is 21.8 Å². The molecule has 0 radical (unpaired) electrons. The van der Waals surface area contributed by atoms with Crippen molar-refractivity contribution in [1.29, 1.82) is 0 Å². The monoisotopic (exact) mass is 406 g/mol. The largest absolute Gasteiger partial charge is 0.493 e. The van der Waals surface area contributed by atoms with Gasteiger partial charge in [-0.05, 0) is 30.3 Å². The van der Waals surface area contributed by atoms with Crippen molar-refractivity contribution in [3.8, 4) is 11.5 Å². The minimum Gasteiger partial charge on any atom is -0.493 e. The lowest BCUT2D eigenvalue weighted by molar-refractivity contribution is 0.0879. The van der Waals surface area contributed by atoms with Crippen molar-refractivity contribution >= 4 is 27.5 Å². The first-order valence-corrected chi connectivity index (χ1v) is 9.66. The zero-order chi connectivity index (χ0) is 20.3. The summed E-state index contributed by atoms with van der Waals surface area (Å²) in [4.78, 5) is 23.2. The van der Waals surface area contributed by atoms with Gasteiger partial charge in [-0.2, -0.15) is 0 Å². The molecule has 0 aromatic heterocycles. The van der Waals surface area contributed by atoms with Gasteiger partial charge in [0.05, 0.1) is 35.4 Å². The normalized spacial score (nSPS) is 13.1. The lowest BCUT2D eigenvalue weighted by atomic mass is 10.1. The van der Waals surface area contributed by atoms with Gasteiger partial charge < -0.3 is 14.2 Å². The minimum absolute atomic E-state index is 0.0196. The first kappa shape index (κ1) is 19.6. The van der Waals surface area contributed by atoms with Crippen molar-refractivity contribution < 1.29 is 32.2 Å². The Hall–Kier alpha value is -3.11. The van der Waals surface area contributed by atoms with Gasteiger partial charge in [-0.3, -0.25) is 19.6 Å². The van der Waals surface area contributed by atoms with Gasteiger partial charge in [0, 0.05) is 13.2 Å². The number of anilines is 1. The Morgan fingerprint density at radius 2 is 1.68 bits per heavy atom. The molecular weight excluding hydrogens is 388 g/mol. The number of hydrogen-bond donors (Lipinski definition) is 2. The van der Waals surface area contributed by atoms with Crippen molar-refractivity contribution in [3.63, 3.8) is 0 Å². The minimum atomic E-state index is -4.00. The molecule has 10 heteroatoms. The van der Waals surface area contributed by atoms with Crippen molar-refractivity contribution in [2.75, 3.05) is 32.2 Å². The van der Waals surface area contributed by atoms with Gasteiger partial charge in [0.2, 0.25) is 0 Å². The summed E-state index contributed by atoms with van der Waals surface area (Å²) in [7, 11) is -0.991. The Kier molecular flexibility index (Phi) is 5.52. The van der Waals surface area contributed by atoms with Crippen LogP contribution >= 0.6 is 0 Å². The highest BCUT2D eigenvalue weighted by molar-refractivity contribution is 7.92. The molecule has 2 amide bonds. The lowest BCUT2D eigenvalue weighted by Crippen LogP contribution is -2.19. The predicted octanol–water partition coefficient (Wildman–Crippen LogP) is 1.40. The molecule has 0 saturated carbocycles. The molecule has 0 aliphatic carbocycles. The average Bonchev–Trinajstić information content (AvgIpc) is 2.95. The van der Waals surface area contributed by atoms with Gasteiger partial charge in [0.25, 0.3) is 21.8 Å². The van der Waals surface area contributed by atoms with E-state index in [1.54, 1.807) is 6.07 Å². The van der Waals surface area contributed by atoms with Crippen LogP contribution in [0.25, 0.3) is 0 Å². The zero-order valence-corrected chi connectivity index (χ0v) is 16.0. The van der Waals surface area contributed by atoms with E-state index >= 15 is 0 Å². The third-order valence-corrected chi connectivity index (χ3v) is 5.36. The number of benzene rings is 2. The zero-order valence-electron chi connectivity index (χ0n) is 15.1. The Balaban J connectivity index is 1.86. The van der Waals surface area contributed by atoms with Crippen molar-refractivity contribution in [1.82, 2.24) is 5.32 Å². The van der Waals surface area contributed by atoms with Gasteiger partial charge in [-0.15, -0.1) is 0 Å². The standard InChI is InChI=1S/C18H18N2O7S/c1-25-7-8-27-16-9-11(3-6-15(16)26-2)20-28(23,24)12-4-5-13-14(10-12)18(22)19-17(13)21/h3-6,9-10,20H,7-8H2,1-2H3,(H,19,21,22). The predicted molar refractivity (Wildman–Crippen MR) is 99.4 cm³/mol. The fraction of sp³-hybridized carbons (Fsp3) is 0.222. The average molecular weight is 406 g/mol. The Labute approximate surface area is 161 Å². The number of hydrogen-bond acceptors (Lipinski definition) is 7. The molecule has 0 bridgehead atoms. The summed E-state index contributed by atoms with van der Waals surface area (Å²) in [6.45, 7) is 0.617. The highest BCUT2D eigenvalue weighted by Gasteiger charge is 2.28. The summed E-state index contributed by atoms with van der Waals surface area (Å²) < 4.78 is 43.5. The van der Waals surface area contributed by atoms with E-state index in [2.05, 4.69) is 10.0 Å². The number of rotatable bonds is 8. The second-order valence-electron chi connectivity index (χ2n) is 5.80. The summed E-state index contributed by atoms with van der Waals surface area (Å²) in [6.07, 6.45) is 0. The van der Waals surface area contributed by atoms with E-state index in [-0.39, 0.29) is 28.3 Å². The Bertz CT molecular complexity index is 1030. The van der Waals surface area contributed by atoms with Crippen LogP contribution in [-0.2, 0) is 14.8 Å². The number of nitrogens with one attached hydrogen (secondary N) is 2. The topological polar surface area (TPSA) is 120 Å². The van der Waals surface area contributed by atoms with Crippen LogP contribution in [0.3, 0.4) is 0 Å². The molecule has 1 heterocycles. The third kappa shape index (κ3) is 3.92. The molecular formula is C18H18N2O7S. The number of carbonyl (C=O) groups excluding carboxylic acids is 2. The molecule has 9 nitrogen and oxygen atoms in total. The first-order chi connectivity index (χ1) is 13.4. The van der Waals surface area contributed by atoms with Crippen LogP contribution in [0.4, 0.5) is 5.69 Å². The first-order valence-electron chi connectivity index (χ1n) is 8.18. The maximum absolute atomic E-state index is 12.7. The number of methoxy groups -OCH3 is 2. The molecule has 3 rings (SSSR count). The molecule has 2 aromatic carbocycles. The second-order valence-corrected chi connectivity index (χ2v) is 7.49. The molecule has 0 spiro atoms. The Morgan fingerprint density at radius 1 is 0.929 bits per heavy atom. The summed E-state index contributed by atoms with van der Waals surface area (Å²) in [5.74, 6) is -0.398. The van der Waals surface area contributed by atoms with Crippen molar-refractivity contribution in [2.24, 2.45) is 0 Å². The maximum atomic E-state index is 12.7. The van der Waals surface area contributed by atoms with Crippen LogP contribution in [0.1, 0.15) is 20.7 Å². The number of ether oxygens (including phenoxy) is 3. The number of sulfonamides is 1. The van der Waals surface area contributed by atoms with Crippen LogP contribution in [0.2, 0.25) is 0 Å². The van der Waals surface area contributed by atoms with Crippen molar-refractivity contribution in [2.45, 2.75) is 4.90 Å². The molecule has 2 aromatic rings. The van der Waals surface area contributed by atoms with E-state index in [0.717, 1.165) is 6.07 Å². The van der Waals surface area contributed by atoms with Gasteiger partial charge in [-0.25, -0.2) is 8.42 Å². The molecule has 2 N–H and O–H groups in total. The van der Waals surface area contributed by atoms with Crippen LogP contribution in [-0.4, -0.2) is 47.7 Å². The van der Waals surface area contributed by atoms with E-state index in [1.807, 2.05) is 0 Å². The lowest BCUT2D eigenvalue weighted by Gasteiger charge is -2.13. The van der Waals surface area contributed by atoms with Crippen LogP contribution < -0.4 is 19.5 Å². The van der Waals surface area contributed by atoms with E-state index in [4.69, 9.17) is 14.2 Å². The number of fused-ring (bicyclic) bond motifs is 1. The van der Waals surface area contributed by atoms with Crippen molar-refractivity contribution in [3.05, 3.63) is 47.5 Å². The van der Waals surface area contributed by atoms with Crippen LogP contribution in [0.15, 0.2) is 41.3 Å². The number of imide groups is 1. The number of carbonyl (C=O) groups is 2. The van der Waals surface area contributed by atoms with Gasteiger partial charge in [0.1, 0.15) is 6.61 Å². The molecule has 1 aliphatic heterocycles. The number of amides is 2. The molecule has 1 aliphatic rings. The van der Waals surface area contributed by atoms with E-state index in [9.17, 15) is 18.0 Å². The van der Waals surface area contributed by atoms with Crippen LogP contribution in [0, 0.1) is 0 Å². The fourth-order valence-corrected chi connectivity index (χ4v) is 3.69. The maximum Gasteiger partial charge on any atom is 0.261 e. The summed E-state index contributed by atoms with van der Waals surface area (Å²) >= 11 is 0. The molecule has 0 unspecified atom stereocenters.